The summed E-state index contributed by atoms with van der Waals surface area (Å²) in [5.41, 5.74) is 5.94. The molecule has 1 aliphatic rings. The highest BCUT2D eigenvalue weighted by Crippen LogP contribution is 2.35. The van der Waals surface area contributed by atoms with E-state index in [4.69, 9.17) is 10.2 Å². The fourth-order valence-corrected chi connectivity index (χ4v) is 3.89. The standard InChI is InChI=1S/C9H14N2O3S/c1-6-9(11-8(5-10)14-6)7-3-2-4-15(7,12)13/h7H,2-5,10H2,1H3. The van der Waals surface area contributed by atoms with E-state index in [2.05, 4.69) is 4.98 Å². The molecule has 0 aliphatic carbocycles. The van der Waals surface area contributed by atoms with E-state index >= 15 is 0 Å². The molecule has 1 saturated heterocycles. The Hall–Kier alpha value is -0.880. The van der Waals surface area contributed by atoms with Gasteiger partial charge in [0.25, 0.3) is 0 Å². The van der Waals surface area contributed by atoms with Gasteiger partial charge in [0, 0.05) is 0 Å². The third-order valence-corrected chi connectivity index (χ3v) is 4.87. The van der Waals surface area contributed by atoms with Crippen LogP contribution in [-0.4, -0.2) is 19.2 Å². The van der Waals surface area contributed by atoms with E-state index in [1.807, 2.05) is 0 Å². The number of oxazole rings is 1. The lowest BCUT2D eigenvalue weighted by Crippen LogP contribution is -2.09. The second kappa shape index (κ2) is 3.61. The molecule has 6 heteroatoms. The molecule has 15 heavy (non-hydrogen) atoms. The van der Waals surface area contributed by atoms with Gasteiger partial charge in [0.2, 0.25) is 5.89 Å². The molecule has 0 spiro atoms. The Kier molecular flexibility index (Phi) is 2.56. The average molecular weight is 230 g/mol. The van der Waals surface area contributed by atoms with Crippen LogP contribution in [0.15, 0.2) is 4.42 Å². The highest BCUT2D eigenvalue weighted by molar-refractivity contribution is 7.91. The van der Waals surface area contributed by atoms with Crippen LogP contribution in [0.3, 0.4) is 0 Å². The smallest absolute Gasteiger partial charge is 0.208 e. The van der Waals surface area contributed by atoms with Crippen molar-refractivity contribution in [2.24, 2.45) is 5.73 Å². The van der Waals surface area contributed by atoms with Crippen molar-refractivity contribution in [3.8, 4) is 0 Å². The van der Waals surface area contributed by atoms with Gasteiger partial charge in [-0.2, -0.15) is 0 Å². The van der Waals surface area contributed by atoms with Gasteiger partial charge in [-0.15, -0.1) is 0 Å². The summed E-state index contributed by atoms with van der Waals surface area (Å²) in [4.78, 5) is 4.14. The first-order valence-electron chi connectivity index (χ1n) is 4.92. The number of aromatic nitrogens is 1. The minimum Gasteiger partial charge on any atom is -0.444 e. The molecule has 5 nitrogen and oxygen atoms in total. The highest BCUT2D eigenvalue weighted by Gasteiger charge is 2.36. The minimum absolute atomic E-state index is 0.202. The average Bonchev–Trinajstić information content (AvgIpc) is 2.68. The minimum atomic E-state index is -3.02. The highest BCUT2D eigenvalue weighted by atomic mass is 32.2. The topological polar surface area (TPSA) is 86.2 Å². The van der Waals surface area contributed by atoms with E-state index in [0.29, 0.717) is 30.2 Å². The van der Waals surface area contributed by atoms with Gasteiger partial charge in [0.1, 0.15) is 16.7 Å². The molecule has 1 aromatic heterocycles. The van der Waals surface area contributed by atoms with Crippen molar-refractivity contribution < 1.29 is 12.8 Å². The van der Waals surface area contributed by atoms with Crippen LogP contribution >= 0.6 is 0 Å². The van der Waals surface area contributed by atoms with Gasteiger partial charge < -0.3 is 10.2 Å². The van der Waals surface area contributed by atoms with E-state index in [0.717, 1.165) is 0 Å². The van der Waals surface area contributed by atoms with Crippen molar-refractivity contribution in [3.63, 3.8) is 0 Å². The number of rotatable bonds is 2. The van der Waals surface area contributed by atoms with Crippen LogP contribution in [0.1, 0.15) is 35.4 Å². The molecule has 1 aliphatic heterocycles. The summed E-state index contributed by atoms with van der Waals surface area (Å²) in [6.45, 7) is 1.93. The van der Waals surface area contributed by atoms with Crippen LogP contribution in [0.2, 0.25) is 0 Å². The largest absolute Gasteiger partial charge is 0.444 e. The Labute approximate surface area is 88.6 Å². The van der Waals surface area contributed by atoms with Crippen LogP contribution in [0, 0.1) is 6.92 Å². The Morgan fingerprint density at radius 1 is 1.60 bits per heavy atom. The van der Waals surface area contributed by atoms with E-state index in [1.165, 1.54) is 0 Å². The van der Waals surface area contributed by atoms with Crippen LogP contribution in [0.4, 0.5) is 0 Å². The predicted molar refractivity (Wildman–Crippen MR) is 54.9 cm³/mol. The molecular formula is C9H14N2O3S. The molecule has 1 fully saturated rings. The molecule has 1 aromatic rings. The van der Waals surface area contributed by atoms with E-state index in [-0.39, 0.29) is 12.3 Å². The zero-order chi connectivity index (χ0) is 11.1. The molecule has 0 radical (unpaired) electrons. The second-order valence-corrected chi connectivity index (χ2v) is 6.05. The maximum absolute atomic E-state index is 11.7. The molecular weight excluding hydrogens is 216 g/mol. The van der Waals surface area contributed by atoms with Gasteiger partial charge >= 0.3 is 0 Å². The van der Waals surface area contributed by atoms with Crippen molar-refractivity contribution in [3.05, 3.63) is 17.3 Å². The first kappa shape index (κ1) is 10.6. The fraction of sp³-hybridized carbons (Fsp3) is 0.667. The Morgan fingerprint density at radius 2 is 2.33 bits per heavy atom. The zero-order valence-corrected chi connectivity index (χ0v) is 9.38. The van der Waals surface area contributed by atoms with Gasteiger partial charge in [-0.05, 0) is 19.8 Å². The summed E-state index contributed by atoms with van der Waals surface area (Å²) in [5, 5.41) is -0.485. The monoisotopic (exact) mass is 230 g/mol. The lowest BCUT2D eigenvalue weighted by atomic mass is 10.2. The SMILES string of the molecule is Cc1oc(CN)nc1C1CCCS1(=O)=O. The molecule has 1 unspecified atom stereocenters. The fourth-order valence-electron chi connectivity index (χ4n) is 1.95. The summed E-state index contributed by atoms with van der Waals surface area (Å²) in [6, 6.07) is 0. The van der Waals surface area contributed by atoms with Gasteiger partial charge in [-0.25, -0.2) is 13.4 Å². The van der Waals surface area contributed by atoms with Gasteiger partial charge in [-0.1, -0.05) is 0 Å². The number of sulfone groups is 1. The van der Waals surface area contributed by atoms with Crippen molar-refractivity contribution in [2.45, 2.75) is 31.6 Å². The van der Waals surface area contributed by atoms with Crippen LogP contribution in [0.5, 0.6) is 0 Å². The molecule has 84 valence electrons. The Morgan fingerprint density at radius 3 is 2.80 bits per heavy atom. The maximum atomic E-state index is 11.7. The number of aryl methyl sites for hydroxylation is 1. The Balaban J connectivity index is 2.41. The second-order valence-electron chi connectivity index (χ2n) is 3.75. The lowest BCUT2D eigenvalue weighted by Gasteiger charge is -2.05. The van der Waals surface area contributed by atoms with E-state index < -0.39 is 15.1 Å². The Bertz CT molecular complexity index is 464. The summed E-state index contributed by atoms with van der Waals surface area (Å²) in [6.07, 6.45) is 1.34. The molecule has 0 amide bonds. The first-order valence-corrected chi connectivity index (χ1v) is 6.64. The molecule has 2 heterocycles. The lowest BCUT2D eigenvalue weighted by molar-refractivity contribution is 0.472. The molecule has 1 atom stereocenters. The predicted octanol–water partition coefficient (Wildman–Crippen LogP) is 0.691. The van der Waals surface area contributed by atoms with Crippen LogP contribution in [0.25, 0.3) is 0 Å². The summed E-state index contributed by atoms with van der Waals surface area (Å²) >= 11 is 0. The van der Waals surface area contributed by atoms with Crippen LogP contribution in [-0.2, 0) is 16.4 Å². The number of hydrogen-bond donors (Lipinski definition) is 1. The molecule has 2 rings (SSSR count). The van der Waals surface area contributed by atoms with Crippen molar-refractivity contribution in [1.29, 1.82) is 0 Å². The van der Waals surface area contributed by atoms with Crippen molar-refractivity contribution in [1.82, 2.24) is 4.98 Å². The van der Waals surface area contributed by atoms with Gasteiger partial charge in [-0.3, -0.25) is 0 Å². The van der Waals surface area contributed by atoms with Gasteiger partial charge in [0.15, 0.2) is 9.84 Å². The van der Waals surface area contributed by atoms with E-state index in [9.17, 15) is 8.42 Å². The van der Waals surface area contributed by atoms with Crippen LogP contribution < -0.4 is 5.73 Å². The molecule has 0 bridgehead atoms. The number of nitrogens with two attached hydrogens (primary N) is 1. The summed E-state index contributed by atoms with van der Waals surface area (Å²) in [5.74, 6) is 1.23. The van der Waals surface area contributed by atoms with Gasteiger partial charge in [0.05, 0.1) is 12.3 Å². The summed E-state index contributed by atoms with van der Waals surface area (Å²) in [7, 11) is -3.02. The third-order valence-electron chi connectivity index (χ3n) is 2.69. The normalized spacial score (nSPS) is 24.5. The van der Waals surface area contributed by atoms with E-state index in [1.54, 1.807) is 6.92 Å². The molecule has 0 saturated carbocycles. The maximum Gasteiger partial charge on any atom is 0.208 e. The number of hydrogen-bond acceptors (Lipinski definition) is 5. The zero-order valence-electron chi connectivity index (χ0n) is 8.56. The van der Waals surface area contributed by atoms with Crippen molar-refractivity contribution in [2.75, 3.05) is 5.75 Å². The summed E-state index contributed by atoms with van der Waals surface area (Å²) < 4.78 is 28.7. The van der Waals surface area contributed by atoms with Crippen molar-refractivity contribution >= 4 is 9.84 Å². The molecule has 2 N–H and O–H groups in total. The third kappa shape index (κ3) is 1.79. The quantitative estimate of drug-likeness (QED) is 0.807. The first-order chi connectivity index (χ1) is 7.04. The number of nitrogens with zero attached hydrogens (tertiary/aromatic N) is 1. The molecule has 0 aromatic carbocycles.